The van der Waals surface area contributed by atoms with Crippen LogP contribution in [0, 0.1) is 19.7 Å². The second-order valence-corrected chi connectivity index (χ2v) is 10.7. The van der Waals surface area contributed by atoms with Gasteiger partial charge in [0.2, 0.25) is 0 Å². The second-order valence-electron chi connectivity index (χ2n) is 10.7. The molecule has 40 heavy (non-hydrogen) atoms. The number of carbonyl (C=O) groups is 4. The molecule has 11 heteroatoms. The van der Waals surface area contributed by atoms with Gasteiger partial charge in [0.05, 0.1) is 16.8 Å². The molecule has 1 aromatic carbocycles. The average molecular weight is 556 g/mol. The van der Waals surface area contributed by atoms with Gasteiger partial charge < -0.3 is 25.3 Å². The molecule has 2 aromatic rings. The largest absolute Gasteiger partial charge is 0.439 e. The molecule has 0 aliphatic carbocycles. The van der Waals surface area contributed by atoms with Gasteiger partial charge in [0.25, 0.3) is 17.7 Å². The lowest BCUT2D eigenvalue weighted by Gasteiger charge is -2.20. The summed E-state index contributed by atoms with van der Waals surface area (Å²) in [5, 5.41) is 5.51. The number of nitrogens with zero attached hydrogens (tertiary/aromatic N) is 2. The second kappa shape index (κ2) is 12.5. The Bertz CT molecular complexity index is 1340. The Labute approximate surface area is 233 Å². The molecule has 2 heterocycles. The normalized spacial score (nSPS) is 14.1. The first kappa shape index (κ1) is 30.6. The third-order valence-electron chi connectivity index (χ3n) is 6.58. The molecule has 0 radical (unpaired) electrons. The number of aryl methyl sites for hydroxylation is 1. The van der Waals surface area contributed by atoms with E-state index in [0.717, 1.165) is 30.6 Å². The lowest BCUT2D eigenvalue weighted by atomic mass is 10.0. The molecule has 10 nitrogen and oxygen atoms in total. The molecule has 1 aliphatic rings. The third kappa shape index (κ3) is 6.95. The molecule has 0 bridgehead atoms. The standard InChI is InChI=1S/C29H38FN5O5/c1-8-34(9-2)13-12-31-26(37)25-17(3)22(32-18(25)4)15-21-20-14-19(30)10-11-23(20)35(27(21)38)24(36)16-40-28(39)33-29(5,6)7/h10-11,14-15,32H,8-9,12-13,16H2,1-7H3,(H,31,37)(H,33,39)/b21-15-. The van der Waals surface area contributed by atoms with Crippen molar-refractivity contribution in [2.75, 3.05) is 37.7 Å². The Morgan fingerprint density at radius 3 is 2.45 bits per heavy atom. The molecule has 0 spiro atoms. The topological polar surface area (TPSA) is 124 Å². The number of hydrogen-bond acceptors (Lipinski definition) is 6. The van der Waals surface area contributed by atoms with Crippen LogP contribution >= 0.6 is 0 Å². The van der Waals surface area contributed by atoms with E-state index in [1.165, 1.54) is 18.2 Å². The van der Waals surface area contributed by atoms with Gasteiger partial charge in [0, 0.05) is 35.6 Å². The van der Waals surface area contributed by atoms with Crippen molar-refractivity contribution in [1.82, 2.24) is 20.5 Å². The van der Waals surface area contributed by atoms with Crippen LogP contribution in [0.25, 0.3) is 11.6 Å². The maximum absolute atomic E-state index is 14.2. The Hall–Kier alpha value is -3.99. The summed E-state index contributed by atoms with van der Waals surface area (Å²) in [4.78, 5) is 57.6. The van der Waals surface area contributed by atoms with Crippen molar-refractivity contribution in [1.29, 1.82) is 0 Å². The number of ether oxygens (including phenoxy) is 1. The van der Waals surface area contributed by atoms with E-state index in [9.17, 15) is 23.6 Å². The van der Waals surface area contributed by atoms with E-state index in [-0.39, 0.29) is 22.7 Å². The van der Waals surface area contributed by atoms with Gasteiger partial charge in [0.15, 0.2) is 6.61 Å². The van der Waals surface area contributed by atoms with Crippen molar-refractivity contribution in [2.45, 2.75) is 54.0 Å². The van der Waals surface area contributed by atoms with E-state index in [0.29, 0.717) is 29.1 Å². The lowest BCUT2D eigenvalue weighted by Crippen LogP contribution is -2.43. The summed E-state index contributed by atoms with van der Waals surface area (Å²) < 4.78 is 19.3. The number of nitrogens with one attached hydrogen (secondary N) is 3. The van der Waals surface area contributed by atoms with Crippen molar-refractivity contribution in [3.05, 3.63) is 52.1 Å². The summed E-state index contributed by atoms with van der Waals surface area (Å²) in [6.07, 6.45) is 0.707. The van der Waals surface area contributed by atoms with Crippen LogP contribution < -0.4 is 15.5 Å². The number of anilines is 1. The summed E-state index contributed by atoms with van der Waals surface area (Å²) in [5.41, 5.74) is 2.06. The van der Waals surface area contributed by atoms with Gasteiger partial charge in [-0.1, -0.05) is 13.8 Å². The van der Waals surface area contributed by atoms with Gasteiger partial charge in [-0.2, -0.15) is 0 Å². The summed E-state index contributed by atoms with van der Waals surface area (Å²) in [7, 11) is 0. The number of likely N-dealkylation sites (N-methyl/N-ethyl adjacent to an activating group) is 1. The van der Waals surface area contributed by atoms with Gasteiger partial charge in [-0.25, -0.2) is 14.1 Å². The summed E-state index contributed by atoms with van der Waals surface area (Å²) in [6.45, 7) is 15.2. The van der Waals surface area contributed by atoms with E-state index in [1.807, 2.05) is 0 Å². The molecule has 0 saturated carbocycles. The fourth-order valence-electron chi connectivity index (χ4n) is 4.54. The highest BCUT2D eigenvalue weighted by Crippen LogP contribution is 2.39. The summed E-state index contributed by atoms with van der Waals surface area (Å²) in [5.74, 6) is -2.30. The molecular formula is C29H38FN5O5. The van der Waals surface area contributed by atoms with Crippen molar-refractivity contribution in [3.8, 4) is 0 Å². The fourth-order valence-corrected chi connectivity index (χ4v) is 4.54. The molecule has 1 aromatic heterocycles. The Morgan fingerprint density at radius 1 is 1.15 bits per heavy atom. The number of hydrogen-bond donors (Lipinski definition) is 3. The van der Waals surface area contributed by atoms with Crippen LogP contribution in [0.2, 0.25) is 0 Å². The molecule has 4 amide bonds. The van der Waals surface area contributed by atoms with Crippen molar-refractivity contribution >= 4 is 41.2 Å². The third-order valence-corrected chi connectivity index (χ3v) is 6.58. The number of amides is 4. The van der Waals surface area contributed by atoms with Crippen LogP contribution in [-0.4, -0.2) is 72.0 Å². The van der Waals surface area contributed by atoms with Gasteiger partial charge in [0.1, 0.15) is 5.82 Å². The van der Waals surface area contributed by atoms with Gasteiger partial charge in [-0.15, -0.1) is 0 Å². The summed E-state index contributed by atoms with van der Waals surface area (Å²) in [6, 6.07) is 3.65. The number of imide groups is 1. The van der Waals surface area contributed by atoms with Crippen LogP contribution in [0.4, 0.5) is 14.9 Å². The molecule has 0 saturated heterocycles. The maximum atomic E-state index is 14.2. The van der Waals surface area contributed by atoms with Crippen molar-refractivity contribution < 1.29 is 28.3 Å². The lowest BCUT2D eigenvalue weighted by molar-refractivity contribution is -0.125. The van der Waals surface area contributed by atoms with E-state index in [1.54, 1.807) is 34.6 Å². The van der Waals surface area contributed by atoms with E-state index < -0.39 is 35.9 Å². The van der Waals surface area contributed by atoms with Crippen LogP contribution in [0.3, 0.4) is 0 Å². The number of H-pyrrole nitrogens is 1. The molecule has 1 aliphatic heterocycles. The SMILES string of the molecule is CCN(CC)CCNC(=O)c1c(C)[nH]c(/C=C2\C(=O)N(C(=O)COC(=O)NC(C)(C)C)c3ccc(F)cc32)c1C. The van der Waals surface area contributed by atoms with Crippen LogP contribution in [0.15, 0.2) is 18.2 Å². The minimum Gasteiger partial charge on any atom is -0.439 e. The number of benzene rings is 1. The van der Waals surface area contributed by atoms with E-state index >= 15 is 0 Å². The molecule has 0 unspecified atom stereocenters. The highest BCUT2D eigenvalue weighted by atomic mass is 19.1. The number of rotatable bonds is 9. The highest BCUT2D eigenvalue weighted by molar-refractivity contribution is 6.42. The van der Waals surface area contributed by atoms with Crippen molar-refractivity contribution in [3.63, 3.8) is 0 Å². The number of aromatic amines is 1. The molecular weight excluding hydrogens is 517 g/mol. The Kier molecular flexibility index (Phi) is 9.52. The zero-order valence-corrected chi connectivity index (χ0v) is 24.2. The number of alkyl carbamates (subject to hydrolysis) is 1. The predicted molar refractivity (Wildman–Crippen MR) is 151 cm³/mol. The average Bonchev–Trinajstić information content (AvgIpc) is 3.30. The Morgan fingerprint density at radius 2 is 1.82 bits per heavy atom. The molecule has 0 atom stereocenters. The van der Waals surface area contributed by atoms with Crippen LogP contribution in [0.5, 0.6) is 0 Å². The molecule has 3 N–H and O–H groups in total. The quantitative estimate of drug-likeness (QED) is 0.405. The first-order chi connectivity index (χ1) is 18.8. The van der Waals surface area contributed by atoms with E-state index in [2.05, 4.69) is 34.4 Å². The zero-order chi connectivity index (χ0) is 29.8. The maximum Gasteiger partial charge on any atom is 0.408 e. The molecule has 3 rings (SSSR count). The van der Waals surface area contributed by atoms with Gasteiger partial charge in [-0.05, 0) is 77.5 Å². The predicted octanol–water partition coefficient (Wildman–Crippen LogP) is 3.78. The first-order valence-corrected chi connectivity index (χ1v) is 13.3. The van der Waals surface area contributed by atoms with Crippen LogP contribution in [0.1, 0.15) is 67.5 Å². The molecule has 0 fully saturated rings. The number of aromatic nitrogens is 1. The minimum absolute atomic E-state index is 0.0693. The van der Waals surface area contributed by atoms with E-state index in [4.69, 9.17) is 4.74 Å². The highest BCUT2D eigenvalue weighted by Gasteiger charge is 2.38. The number of carbonyl (C=O) groups excluding carboxylic acids is 4. The van der Waals surface area contributed by atoms with Gasteiger partial charge in [-0.3, -0.25) is 14.4 Å². The smallest absolute Gasteiger partial charge is 0.408 e. The van der Waals surface area contributed by atoms with Crippen molar-refractivity contribution in [2.24, 2.45) is 0 Å². The zero-order valence-electron chi connectivity index (χ0n) is 24.2. The number of halogens is 1. The number of fused-ring (bicyclic) bond motifs is 1. The first-order valence-electron chi connectivity index (χ1n) is 13.3. The summed E-state index contributed by atoms with van der Waals surface area (Å²) >= 11 is 0. The fraction of sp³-hybridized carbons (Fsp3) is 0.448. The minimum atomic E-state index is -0.803. The molecule has 216 valence electrons. The van der Waals surface area contributed by atoms with Gasteiger partial charge >= 0.3 is 6.09 Å². The monoisotopic (exact) mass is 555 g/mol. The van der Waals surface area contributed by atoms with Crippen LogP contribution in [-0.2, 0) is 14.3 Å². The Balaban J connectivity index is 1.87.